The average Bonchev–Trinajstić information content (AvgIpc) is 3.92. The molecule has 0 N–H and O–H groups in total. The minimum Gasteiger partial charge on any atom is -0.309 e. The topological polar surface area (TPSA) is 14.3 Å². The second kappa shape index (κ2) is 11.5. The van der Waals surface area contributed by atoms with Crippen molar-refractivity contribution >= 4 is 103 Å². The normalized spacial score (nSPS) is 12.2. The number of nitrogens with zero attached hydrogens (tertiary/aromatic N) is 3. The zero-order valence-electron chi connectivity index (χ0n) is 30.9. The molecular formula is C54H33N3. The molecule has 4 aromatic heterocycles. The first-order valence-electron chi connectivity index (χ1n) is 19.7. The lowest BCUT2D eigenvalue weighted by Gasteiger charge is -2.12. The first kappa shape index (κ1) is 30.7. The van der Waals surface area contributed by atoms with Gasteiger partial charge in [-0.2, -0.15) is 0 Å². The third kappa shape index (κ3) is 4.15. The van der Waals surface area contributed by atoms with Crippen molar-refractivity contribution in [1.82, 2.24) is 13.5 Å². The van der Waals surface area contributed by atoms with E-state index in [0.717, 1.165) is 11.4 Å². The van der Waals surface area contributed by atoms with Crippen LogP contribution in [0.15, 0.2) is 200 Å². The third-order valence-electron chi connectivity index (χ3n) is 12.4. The summed E-state index contributed by atoms with van der Waals surface area (Å²) >= 11 is 0. The fraction of sp³-hybridized carbons (Fsp3) is 0. The summed E-state index contributed by atoms with van der Waals surface area (Å²) in [6, 6.07) is 74.0. The molecule has 0 spiro atoms. The maximum atomic E-state index is 2.50. The van der Waals surface area contributed by atoms with Crippen molar-refractivity contribution in [2.75, 3.05) is 0 Å². The van der Waals surface area contributed by atoms with Gasteiger partial charge in [-0.1, -0.05) is 140 Å². The minimum atomic E-state index is 1.14. The molecule has 0 unspecified atom stereocenters. The van der Waals surface area contributed by atoms with Crippen LogP contribution < -0.4 is 0 Å². The van der Waals surface area contributed by atoms with Crippen LogP contribution in [0, 0.1) is 0 Å². The maximum Gasteiger partial charge on any atom is 0.0619 e. The molecule has 3 nitrogen and oxygen atoms in total. The van der Waals surface area contributed by atoms with Crippen molar-refractivity contribution < 1.29 is 0 Å². The lowest BCUT2D eigenvalue weighted by molar-refractivity contribution is 1.17. The molecule has 0 aliphatic carbocycles. The van der Waals surface area contributed by atoms with Crippen molar-refractivity contribution in [3.63, 3.8) is 0 Å². The fourth-order valence-electron chi connectivity index (χ4n) is 10.0. The first-order valence-corrected chi connectivity index (χ1v) is 19.7. The van der Waals surface area contributed by atoms with E-state index in [1.54, 1.807) is 0 Å². The van der Waals surface area contributed by atoms with E-state index in [1.165, 1.54) is 103 Å². The van der Waals surface area contributed by atoms with Gasteiger partial charge in [0, 0.05) is 54.5 Å². The number of hydrogen-bond donors (Lipinski definition) is 0. The SMILES string of the molecule is c1ccc2c(c1)c1ccc(-n3c4ccccc4c4cc(-n5c6ccccc6c6ccccc65)ccc43)cc1c1ccccc1n1c3ccccc3c3cccc2c31. The Hall–Kier alpha value is -7.62. The van der Waals surface area contributed by atoms with E-state index in [4.69, 9.17) is 0 Å². The van der Waals surface area contributed by atoms with E-state index in [0.29, 0.717) is 0 Å². The van der Waals surface area contributed by atoms with Crippen LogP contribution in [0.1, 0.15) is 0 Å². The highest BCUT2D eigenvalue weighted by atomic mass is 15.0. The fourth-order valence-corrected chi connectivity index (χ4v) is 10.0. The molecule has 0 aliphatic heterocycles. The Bertz CT molecular complexity index is 3820. The number of para-hydroxylation sites is 6. The molecule has 0 atom stereocenters. The van der Waals surface area contributed by atoms with Crippen molar-refractivity contribution in [3.05, 3.63) is 200 Å². The molecule has 13 rings (SSSR count). The van der Waals surface area contributed by atoms with E-state index < -0.39 is 0 Å². The summed E-state index contributed by atoms with van der Waals surface area (Å²) in [5, 5.41) is 14.9. The van der Waals surface area contributed by atoms with Crippen LogP contribution in [0.5, 0.6) is 0 Å². The summed E-state index contributed by atoms with van der Waals surface area (Å²) in [5.74, 6) is 0. The molecule has 0 radical (unpaired) electrons. The Morgan fingerprint density at radius 1 is 0.211 bits per heavy atom. The molecule has 0 bridgehead atoms. The van der Waals surface area contributed by atoms with Crippen LogP contribution in [-0.2, 0) is 0 Å². The molecule has 0 saturated heterocycles. The van der Waals surface area contributed by atoms with Gasteiger partial charge >= 0.3 is 0 Å². The molecule has 0 fully saturated rings. The van der Waals surface area contributed by atoms with Gasteiger partial charge in [0.15, 0.2) is 0 Å². The van der Waals surface area contributed by atoms with Crippen LogP contribution >= 0.6 is 0 Å². The molecule has 9 aromatic carbocycles. The van der Waals surface area contributed by atoms with Gasteiger partial charge in [0.1, 0.15) is 0 Å². The van der Waals surface area contributed by atoms with Gasteiger partial charge in [0.05, 0.1) is 38.6 Å². The van der Waals surface area contributed by atoms with Gasteiger partial charge in [0.2, 0.25) is 0 Å². The van der Waals surface area contributed by atoms with Gasteiger partial charge in [-0.05, 0) is 82.2 Å². The van der Waals surface area contributed by atoms with Crippen LogP contribution in [0.3, 0.4) is 0 Å². The van der Waals surface area contributed by atoms with Crippen LogP contribution in [0.25, 0.3) is 115 Å². The molecule has 264 valence electrons. The maximum absolute atomic E-state index is 2.50. The molecule has 4 heterocycles. The molecule has 0 saturated carbocycles. The Kier molecular flexibility index (Phi) is 6.16. The smallest absolute Gasteiger partial charge is 0.0619 e. The van der Waals surface area contributed by atoms with Crippen molar-refractivity contribution in [3.8, 4) is 11.4 Å². The Morgan fingerprint density at radius 2 is 0.544 bits per heavy atom. The third-order valence-corrected chi connectivity index (χ3v) is 12.4. The highest BCUT2D eigenvalue weighted by Gasteiger charge is 2.18. The second-order valence-electron chi connectivity index (χ2n) is 15.3. The van der Waals surface area contributed by atoms with Gasteiger partial charge in [-0.25, -0.2) is 0 Å². The minimum absolute atomic E-state index is 1.14. The molecule has 13 aromatic rings. The van der Waals surface area contributed by atoms with Crippen LogP contribution in [0.4, 0.5) is 0 Å². The van der Waals surface area contributed by atoms with E-state index in [-0.39, 0.29) is 0 Å². The van der Waals surface area contributed by atoms with E-state index in [1.807, 2.05) is 0 Å². The van der Waals surface area contributed by atoms with E-state index in [9.17, 15) is 0 Å². The van der Waals surface area contributed by atoms with Crippen molar-refractivity contribution in [2.24, 2.45) is 0 Å². The number of rotatable bonds is 2. The number of hydrogen-bond acceptors (Lipinski definition) is 0. The second-order valence-corrected chi connectivity index (χ2v) is 15.3. The average molecular weight is 724 g/mol. The molecule has 3 heteroatoms. The van der Waals surface area contributed by atoms with Gasteiger partial charge in [-0.3, -0.25) is 0 Å². The zero-order chi connectivity index (χ0) is 37.2. The number of fused-ring (bicyclic) bond motifs is 16. The van der Waals surface area contributed by atoms with Crippen molar-refractivity contribution in [2.45, 2.75) is 0 Å². The number of aromatic nitrogens is 3. The van der Waals surface area contributed by atoms with Crippen LogP contribution in [-0.4, -0.2) is 13.5 Å². The lowest BCUT2D eigenvalue weighted by Crippen LogP contribution is -1.96. The summed E-state index contributed by atoms with van der Waals surface area (Å²) in [5.41, 5.74) is 10.7. The summed E-state index contributed by atoms with van der Waals surface area (Å²) in [7, 11) is 0. The molecule has 0 amide bonds. The van der Waals surface area contributed by atoms with E-state index >= 15 is 0 Å². The van der Waals surface area contributed by atoms with E-state index in [2.05, 4.69) is 214 Å². The van der Waals surface area contributed by atoms with Gasteiger partial charge in [0.25, 0.3) is 0 Å². The molecular weight excluding hydrogens is 691 g/mol. The zero-order valence-corrected chi connectivity index (χ0v) is 30.9. The first-order chi connectivity index (χ1) is 28.3. The Labute approximate surface area is 327 Å². The largest absolute Gasteiger partial charge is 0.309 e. The quantitative estimate of drug-likeness (QED) is 0.169. The predicted octanol–water partition coefficient (Wildman–Crippen LogP) is 14.5. The monoisotopic (exact) mass is 723 g/mol. The lowest BCUT2D eigenvalue weighted by atomic mass is 10.00. The highest BCUT2D eigenvalue weighted by molar-refractivity contribution is 6.25. The highest BCUT2D eigenvalue weighted by Crippen LogP contribution is 2.41. The summed E-state index contributed by atoms with van der Waals surface area (Å²) < 4.78 is 7.38. The van der Waals surface area contributed by atoms with Crippen molar-refractivity contribution in [1.29, 1.82) is 0 Å². The Balaban J connectivity index is 1.16. The summed E-state index contributed by atoms with van der Waals surface area (Å²) in [6.45, 7) is 0. The van der Waals surface area contributed by atoms with Gasteiger partial charge < -0.3 is 13.5 Å². The predicted molar refractivity (Wildman–Crippen MR) is 242 cm³/mol. The molecule has 0 aliphatic rings. The van der Waals surface area contributed by atoms with Gasteiger partial charge in [-0.15, -0.1) is 0 Å². The van der Waals surface area contributed by atoms with Crippen LogP contribution in [0.2, 0.25) is 0 Å². The Morgan fingerprint density at radius 3 is 1.11 bits per heavy atom. The standard InChI is InChI=1S/C54H33N3/c1-2-15-37-36(14-1)38-30-28-34(32-46(38)42-19-6-12-27-52(42)57-51-26-11-5-18-41(51)45-22-13-21-44(37)54(45)57)56-50-25-10-7-20-43(50)47-33-35(29-31-53(47)56)55-48-23-8-3-16-39(48)40-17-4-9-24-49(40)55/h1-33H. The molecule has 57 heavy (non-hydrogen) atoms. The number of benzene rings is 9. The summed E-state index contributed by atoms with van der Waals surface area (Å²) in [4.78, 5) is 0. The summed E-state index contributed by atoms with van der Waals surface area (Å²) in [6.07, 6.45) is 0.